The van der Waals surface area contributed by atoms with E-state index in [1.54, 1.807) is 18.7 Å². The van der Waals surface area contributed by atoms with Gasteiger partial charge in [-0.1, -0.05) is 0 Å². The number of ether oxygens (including phenoxy) is 1. The van der Waals surface area contributed by atoms with Gasteiger partial charge in [0.2, 0.25) is 5.91 Å². The molecule has 1 aliphatic rings. The molecule has 0 aliphatic carbocycles. The normalized spacial score (nSPS) is 15.0. The first-order valence-corrected chi connectivity index (χ1v) is 7.73. The lowest BCUT2D eigenvalue weighted by molar-refractivity contribution is -0.149. The molecule has 128 valence electrons. The number of aromatic nitrogens is 2. The molecule has 8 nitrogen and oxygen atoms in total. The molecule has 1 aromatic rings. The lowest BCUT2D eigenvalue weighted by Crippen LogP contribution is -2.43. The molecule has 1 aliphatic heterocycles. The summed E-state index contributed by atoms with van der Waals surface area (Å²) in [5, 5.41) is 13.2. The van der Waals surface area contributed by atoms with Gasteiger partial charge in [-0.2, -0.15) is 10.4 Å². The van der Waals surface area contributed by atoms with Gasteiger partial charge in [-0.15, -0.1) is 0 Å². The van der Waals surface area contributed by atoms with Crippen LogP contribution in [-0.2, 0) is 20.9 Å². The number of rotatable bonds is 3. The summed E-state index contributed by atoms with van der Waals surface area (Å²) in [5.41, 5.74) is 0.534. The molecule has 0 unspecified atom stereocenters. The lowest BCUT2D eigenvalue weighted by Gasteiger charge is -2.30. The van der Waals surface area contributed by atoms with E-state index in [1.807, 2.05) is 6.07 Å². The predicted octanol–water partition coefficient (Wildman–Crippen LogP) is 0.143. The summed E-state index contributed by atoms with van der Waals surface area (Å²) in [6, 6.07) is 1.87. The minimum atomic E-state index is -0.557. The lowest BCUT2D eigenvalue weighted by atomic mass is 9.97. The van der Waals surface area contributed by atoms with E-state index >= 15 is 0 Å². The Kier molecular flexibility index (Phi) is 5.34. The van der Waals surface area contributed by atoms with Crippen LogP contribution in [0, 0.1) is 31.1 Å². The number of carbonyl (C=O) groups excluding carboxylic acids is 2. The highest BCUT2D eigenvalue weighted by molar-refractivity contribution is 5.77. The molecule has 1 amide bonds. The first kappa shape index (κ1) is 17.7. The van der Waals surface area contributed by atoms with Crippen LogP contribution in [0.25, 0.3) is 0 Å². The molecule has 0 bridgehead atoms. The van der Waals surface area contributed by atoms with Gasteiger partial charge in [0.25, 0.3) is 5.56 Å². The van der Waals surface area contributed by atoms with Gasteiger partial charge in [0.15, 0.2) is 0 Å². The number of hydrogen-bond donors (Lipinski definition) is 0. The summed E-state index contributed by atoms with van der Waals surface area (Å²) in [4.78, 5) is 37.7. The van der Waals surface area contributed by atoms with Crippen LogP contribution in [0.3, 0.4) is 0 Å². The number of carbonyl (C=O) groups is 2. The zero-order chi connectivity index (χ0) is 17.9. The molecule has 0 radical (unpaired) electrons. The average Bonchev–Trinajstić information content (AvgIpc) is 2.59. The van der Waals surface area contributed by atoms with E-state index in [9.17, 15) is 14.4 Å². The summed E-state index contributed by atoms with van der Waals surface area (Å²) < 4.78 is 5.76. The van der Waals surface area contributed by atoms with Gasteiger partial charge in [0.05, 0.1) is 18.7 Å². The molecule has 1 aromatic heterocycles. The molecule has 1 fully saturated rings. The molecular weight excluding hydrogens is 312 g/mol. The summed E-state index contributed by atoms with van der Waals surface area (Å²) in [5.74, 6) is -0.695. The molecule has 0 N–H and O–H groups in total. The minimum Gasteiger partial charge on any atom is -0.469 e. The molecule has 0 spiro atoms. The third-order valence-electron chi connectivity index (χ3n) is 4.42. The third kappa shape index (κ3) is 3.45. The number of likely N-dealkylation sites (tertiary alicyclic amines) is 1. The quantitative estimate of drug-likeness (QED) is 0.729. The van der Waals surface area contributed by atoms with E-state index in [2.05, 4.69) is 5.10 Å². The molecule has 2 rings (SSSR count). The minimum absolute atomic E-state index is 0.0136. The summed E-state index contributed by atoms with van der Waals surface area (Å²) in [6.45, 7) is 4.01. The molecule has 8 heteroatoms. The van der Waals surface area contributed by atoms with Gasteiger partial charge in [0.1, 0.15) is 18.2 Å². The Morgan fingerprint density at radius 3 is 2.50 bits per heavy atom. The number of piperidine rings is 1. The van der Waals surface area contributed by atoms with Crippen molar-refractivity contribution >= 4 is 11.9 Å². The maximum absolute atomic E-state index is 12.4. The summed E-state index contributed by atoms with van der Waals surface area (Å²) in [6.07, 6.45) is 1.08. The van der Waals surface area contributed by atoms with Crippen molar-refractivity contribution in [1.82, 2.24) is 14.7 Å². The van der Waals surface area contributed by atoms with E-state index in [0.29, 0.717) is 37.2 Å². The van der Waals surface area contributed by atoms with Crippen molar-refractivity contribution in [2.75, 3.05) is 20.2 Å². The molecule has 2 heterocycles. The van der Waals surface area contributed by atoms with Gasteiger partial charge in [0, 0.05) is 13.1 Å². The number of methoxy groups -OCH3 is 1. The van der Waals surface area contributed by atoms with Crippen LogP contribution >= 0.6 is 0 Å². The van der Waals surface area contributed by atoms with E-state index < -0.39 is 5.56 Å². The second-order valence-electron chi connectivity index (χ2n) is 5.84. The van der Waals surface area contributed by atoms with Crippen molar-refractivity contribution in [2.45, 2.75) is 33.2 Å². The van der Waals surface area contributed by atoms with Crippen LogP contribution in [0.4, 0.5) is 0 Å². The smallest absolute Gasteiger partial charge is 0.308 e. The van der Waals surface area contributed by atoms with Crippen LogP contribution < -0.4 is 5.56 Å². The summed E-state index contributed by atoms with van der Waals surface area (Å²) in [7, 11) is 1.35. The van der Waals surface area contributed by atoms with Crippen LogP contribution in [-0.4, -0.2) is 46.8 Å². The van der Waals surface area contributed by atoms with Crippen molar-refractivity contribution in [3.63, 3.8) is 0 Å². The largest absolute Gasteiger partial charge is 0.469 e. The van der Waals surface area contributed by atoms with E-state index in [-0.39, 0.29) is 29.9 Å². The maximum atomic E-state index is 12.4. The van der Waals surface area contributed by atoms with E-state index in [1.165, 1.54) is 7.11 Å². The van der Waals surface area contributed by atoms with Gasteiger partial charge in [-0.3, -0.25) is 14.4 Å². The topological polar surface area (TPSA) is 105 Å². The number of nitriles is 1. The zero-order valence-electron chi connectivity index (χ0n) is 14.0. The standard InChI is InChI=1S/C16H20N4O4/c1-10-11(2)18-20(15(22)13(10)8-17)9-14(21)19-6-4-12(5-7-19)16(23)24-3/h12H,4-7,9H2,1-3H3. The van der Waals surface area contributed by atoms with Crippen molar-refractivity contribution in [3.8, 4) is 6.07 Å². The highest BCUT2D eigenvalue weighted by atomic mass is 16.5. The first-order valence-electron chi connectivity index (χ1n) is 7.73. The van der Waals surface area contributed by atoms with E-state index in [0.717, 1.165) is 4.68 Å². The maximum Gasteiger partial charge on any atom is 0.308 e. The predicted molar refractivity (Wildman–Crippen MR) is 84.0 cm³/mol. The second kappa shape index (κ2) is 7.25. The van der Waals surface area contributed by atoms with Gasteiger partial charge >= 0.3 is 5.97 Å². The molecule has 24 heavy (non-hydrogen) atoms. The highest BCUT2D eigenvalue weighted by Crippen LogP contribution is 2.18. The van der Waals surface area contributed by atoms with Crippen molar-refractivity contribution in [2.24, 2.45) is 5.92 Å². The fourth-order valence-corrected chi connectivity index (χ4v) is 2.77. The van der Waals surface area contributed by atoms with Gasteiger partial charge in [-0.25, -0.2) is 4.68 Å². The zero-order valence-corrected chi connectivity index (χ0v) is 14.0. The molecule has 0 aromatic carbocycles. The highest BCUT2D eigenvalue weighted by Gasteiger charge is 2.28. The number of nitrogens with zero attached hydrogens (tertiary/aromatic N) is 4. The van der Waals surface area contributed by atoms with E-state index in [4.69, 9.17) is 10.00 Å². The van der Waals surface area contributed by atoms with Crippen molar-refractivity contribution in [1.29, 1.82) is 5.26 Å². The average molecular weight is 332 g/mol. The Morgan fingerprint density at radius 1 is 1.33 bits per heavy atom. The van der Waals surface area contributed by atoms with Crippen LogP contribution in [0.5, 0.6) is 0 Å². The number of esters is 1. The molecule has 0 saturated carbocycles. The van der Waals surface area contributed by atoms with Gasteiger partial charge in [-0.05, 0) is 32.3 Å². The first-order chi connectivity index (χ1) is 11.4. The summed E-state index contributed by atoms with van der Waals surface area (Å²) >= 11 is 0. The van der Waals surface area contributed by atoms with Crippen molar-refractivity contribution < 1.29 is 14.3 Å². The Hall–Kier alpha value is -2.69. The van der Waals surface area contributed by atoms with Crippen LogP contribution in [0.15, 0.2) is 4.79 Å². The molecule has 1 saturated heterocycles. The number of aryl methyl sites for hydroxylation is 1. The third-order valence-corrected chi connectivity index (χ3v) is 4.42. The Labute approximate surface area is 139 Å². The van der Waals surface area contributed by atoms with Crippen LogP contribution in [0.1, 0.15) is 29.7 Å². The fraction of sp³-hybridized carbons (Fsp3) is 0.562. The molecule has 0 atom stereocenters. The number of amides is 1. The SMILES string of the molecule is COC(=O)C1CCN(C(=O)Cn2nc(C)c(C)c(C#N)c2=O)CC1. The Bertz CT molecular complexity index is 755. The Morgan fingerprint density at radius 2 is 1.96 bits per heavy atom. The van der Waals surface area contributed by atoms with Crippen molar-refractivity contribution in [3.05, 3.63) is 27.2 Å². The molecular formula is C16H20N4O4. The number of hydrogen-bond acceptors (Lipinski definition) is 6. The van der Waals surface area contributed by atoms with Gasteiger partial charge < -0.3 is 9.64 Å². The Balaban J connectivity index is 2.09. The fourth-order valence-electron chi connectivity index (χ4n) is 2.77. The second-order valence-corrected chi connectivity index (χ2v) is 5.84. The monoisotopic (exact) mass is 332 g/mol. The van der Waals surface area contributed by atoms with Crippen LogP contribution in [0.2, 0.25) is 0 Å².